The first-order chi connectivity index (χ1) is 8.16. The van der Waals surface area contributed by atoms with Gasteiger partial charge in [-0.05, 0) is 18.6 Å². The SMILES string of the molecule is Cc1cccc(C=NNc2nc(N)cs2)c1O. The minimum atomic E-state index is 0.233. The van der Waals surface area contributed by atoms with Gasteiger partial charge >= 0.3 is 0 Å². The van der Waals surface area contributed by atoms with E-state index in [0.29, 0.717) is 16.5 Å². The van der Waals surface area contributed by atoms with E-state index in [9.17, 15) is 5.11 Å². The molecule has 0 bridgehead atoms. The number of benzene rings is 1. The molecule has 0 aliphatic carbocycles. The fourth-order valence-corrected chi connectivity index (χ4v) is 1.83. The van der Waals surface area contributed by atoms with E-state index >= 15 is 0 Å². The van der Waals surface area contributed by atoms with Crippen molar-refractivity contribution in [3.05, 3.63) is 34.7 Å². The molecule has 0 aliphatic rings. The zero-order chi connectivity index (χ0) is 12.3. The maximum absolute atomic E-state index is 9.75. The molecule has 2 aromatic rings. The first-order valence-electron chi connectivity index (χ1n) is 4.95. The van der Waals surface area contributed by atoms with Gasteiger partial charge in [-0.1, -0.05) is 12.1 Å². The van der Waals surface area contributed by atoms with E-state index in [1.807, 2.05) is 19.1 Å². The number of rotatable bonds is 3. The molecule has 0 amide bonds. The Balaban J connectivity index is 2.08. The molecule has 0 saturated carbocycles. The average Bonchev–Trinajstić information content (AvgIpc) is 2.70. The lowest BCUT2D eigenvalue weighted by Gasteiger charge is -2.01. The van der Waals surface area contributed by atoms with Gasteiger partial charge in [0.2, 0.25) is 5.13 Å². The van der Waals surface area contributed by atoms with Crippen molar-refractivity contribution in [1.29, 1.82) is 0 Å². The van der Waals surface area contributed by atoms with E-state index in [4.69, 9.17) is 5.73 Å². The summed E-state index contributed by atoms with van der Waals surface area (Å²) in [5.74, 6) is 0.697. The number of nitrogens with two attached hydrogens (primary N) is 1. The monoisotopic (exact) mass is 248 g/mol. The molecule has 1 aromatic carbocycles. The number of nitrogens with zero attached hydrogens (tertiary/aromatic N) is 2. The van der Waals surface area contributed by atoms with Crippen LogP contribution in [0.1, 0.15) is 11.1 Å². The highest BCUT2D eigenvalue weighted by Crippen LogP contribution is 2.20. The van der Waals surface area contributed by atoms with Gasteiger partial charge in [0.1, 0.15) is 11.6 Å². The van der Waals surface area contributed by atoms with Gasteiger partial charge in [0.25, 0.3) is 0 Å². The van der Waals surface area contributed by atoms with Crippen molar-refractivity contribution in [3.63, 3.8) is 0 Å². The highest BCUT2D eigenvalue weighted by molar-refractivity contribution is 7.14. The van der Waals surface area contributed by atoms with Crippen molar-refractivity contribution >= 4 is 28.5 Å². The third-order valence-corrected chi connectivity index (χ3v) is 2.92. The summed E-state index contributed by atoms with van der Waals surface area (Å²) in [5, 5.41) is 16.1. The summed E-state index contributed by atoms with van der Waals surface area (Å²) < 4.78 is 0. The number of para-hydroxylation sites is 1. The molecule has 4 N–H and O–H groups in total. The maximum Gasteiger partial charge on any atom is 0.205 e. The Morgan fingerprint density at radius 2 is 2.35 bits per heavy atom. The van der Waals surface area contributed by atoms with Crippen LogP contribution in [0.15, 0.2) is 28.7 Å². The Hall–Kier alpha value is -2.08. The van der Waals surface area contributed by atoms with Gasteiger partial charge in [0.05, 0.1) is 6.21 Å². The van der Waals surface area contributed by atoms with Crippen LogP contribution < -0.4 is 11.2 Å². The third-order valence-electron chi connectivity index (χ3n) is 2.15. The van der Waals surface area contributed by atoms with Gasteiger partial charge in [0.15, 0.2) is 0 Å². The van der Waals surface area contributed by atoms with Gasteiger partial charge in [-0.3, -0.25) is 5.43 Å². The normalized spacial score (nSPS) is 10.9. The second kappa shape index (κ2) is 4.84. The minimum Gasteiger partial charge on any atom is -0.507 e. The van der Waals surface area contributed by atoms with Crippen molar-refractivity contribution < 1.29 is 5.11 Å². The van der Waals surface area contributed by atoms with Gasteiger partial charge < -0.3 is 10.8 Å². The molecule has 88 valence electrons. The number of thiazole rings is 1. The first-order valence-corrected chi connectivity index (χ1v) is 5.83. The van der Waals surface area contributed by atoms with E-state index in [1.54, 1.807) is 17.7 Å². The lowest BCUT2D eigenvalue weighted by molar-refractivity contribution is 0.470. The van der Waals surface area contributed by atoms with Crippen LogP contribution in [0.4, 0.5) is 10.9 Å². The number of aryl methyl sites for hydroxylation is 1. The van der Waals surface area contributed by atoms with Gasteiger partial charge in [0, 0.05) is 10.9 Å². The lowest BCUT2D eigenvalue weighted by atomic mass is 10.1. The van der Waals surface area contributed by atoms with Crippen LogP contribution in [0.25, 0.3) is 0 Å². The summed E-state index contributed by atoms with van der Waals surface area (Å²) in [5.41, 5.74) is 9.69. The number of phenolic OH excluding ortho intramolecular Hbond substituents is 1. The van der Waals surface area contributed by atoms with Crippen LogP contribution in [0.5, 0.6) is 5.75 Å². The molecule has 6 heteroatoms. The maximum atomic E-state index is 9.75. The van der Waals surface area contributed by atoms with Crippen LogP contribution in [0.3, 0.4) is 0 Å². The Kier molecular flexibility index (Phi) is 3.24. The number of nitrogens with one attached hydrogen (secondary N) is 1. The van der Waals surface area contributed by atoms with Crippen molar-refractivity contribution in [2.75, 3.05) is 11.2 Å². The smallest absolute Gasteiger partial charge is 0.205 e. The highest BCUT2D eigenvalue weighted by Gasteiger charge is 2.00. The second-order valence-corrected chi connectivity index (χ2v) is 4.32. The Labute approximate surface area is 103 Å². The van der Waals surface area contributed by atoms with Crippen molar-refractivity contribution in [2.24, 2.45) is 5.10 Å². The van der Waals surface area contributed by atoms with Gasteiger partial charge in [-0.15, -0.1) is 11.3 Å². The summed E-state index contributed by atoms with van der Waals surface area (Å²) in [6, 6.07) is 5.48. The summed E-state index contributed by atoms with van der Waals surface area (Å²) in [4.78, 5) is 3.99. The number of nitrogen functional groups attached to an aromatic ring is 1. The number of aromatic nitrogens is 1. The fraction of sp³-hybridized carbons (Fsp3) is 0.0909. The van der Waals surface area contributed by atoms with E-state index in [-0.39, 0.29) is 5.75 Å². The highest BCUT2D eigenvalue weighted by atomic mass is 32.1. The van der Waals surface area contributed by atoms with Crippen molar-refractivity contribution in [1.82, 2.24) is 4.98 Å². The topological polar surface area (TPSA) is 83.5 Å². The number of anilines is 2. The van der Waals surface area contributed by atoms with E-state index in [1.165, 1.54) is 11.3 Å². The third kappa shape index (κ3) is 2.73. The molecular weight excluding hydrogens is 236 g/mol. The predicted octanol–water partition coefficient (Wildman–Crippen LogP) is 2.19. The van der Waals surface area contributed by atoms with E-state index in [0.717, 1.165) is 5.56 Å². The van der Waals surface area contributed by atoms with Crippen LogP contribution in [-0.2, 0) is 0 Å². The Morgan fingerprint density at radius 1 is 1.53 bits per heavy atom. The molecule has 0 fully saturated rings. The second-order valence-electron chi connectivity index (χ2n) is 3.46. The molecule has 2 rings (SSSR count). The molecule has 17 heavy (non-hydrogen) atoms. The van der Waals surface area contributed by atoms with E-state index < -0.39 is 0 Å². The summed E-state index contributed by atoms with van der Waals surface area (Å²) in [7, 11) is 0. The number of hydrogen-bond acceptors (Lipinski definition) is 6. The first kappa shape index (κ1) is 11.4. The predicted molar refractivity (Wildman–Crippen MR) is 70.6 cm³/mol. The standard InChI is InChI=1S/C11H12N4OS/c1-7-3-2-4-8(10(7)16)5-13-15-11-14-9(12)6-17-11/h2-6,16H,12H2,1H3,(H,14,15). The Morgan fingerprint density at radius 3 is 3.06 bits per heavy atom. The largest absolute Gasteiger partial charge is 0.507 e. The molecule has 0 aliphatic heterocycles. The van der Waals surface area contributed by atoms with E-state index in [2.05, 4.69) is 15.5 Å². The zero-order valence-corrected chi connectivity index (χ0v) is 10.0. The summed E-state index contributed by atoms with van der Waals surface area (Å²) in [6.07, 6.45) is 1.54. The lowest BCUT2D eigenvalue weighted by Crippen LogP contribution is -1.92. The van der Waals surface area contributed by atoms with Crippen LogP contribution in [0.2, 0.25) is 0 Å². The van der Waals surface area contributed by atoms with Crippen LogP contribution in [-0.4, -0.2) is 16.3 Å². The molecule has 1 aromatic heterocycles. The summed E-state index contributed by atoms with van der Waals surface area (Å²) >= 11 is 1.37. The van der Waals surface area contributed by atoms with Gasteiger partial charge in [-0.25, -0.2) is 4.98 Å². The average molecular weight is 248 g/mol. The molecule has 0 radical (unpaired) electrons. The molecule has 0 atom stereocenters. The molecule has 0 spiro atoms. The molecule has 5 nitrogen and oxygen atoms in total. The minimum absolute atomic E-state index is 0.233. The fourth-order valence-electron chi connectivity index (χ4n) is 1.28. The summed E-state index contributed by atoms with van der Waals surface area (Å²) in [6.45, 7) is 1.83. The molecule has 1 heterocycles. The van der Waals surface area contributed by atoms with Crippen molar-refractivity contribution in [2.45, 2.75) is 6.92 Å². The molecule has 0 saturated heterocycles. The number of hydrogen-bond donors (Lipinski definition) is 3. The van der Waals surface area contributed by atoms with Gasteiger partial charge in [-0.2, -0.15) is 5.10 Å². The number of aromatic hydroxyl groups is 1. The van der Waals surface area contributed by atoms with Crippen molar-refractivity contribution in [3.8, 4) is 5.75 Å². The zero-order valence-electron chi connectivity index (χ0n) is 9.21. The van der Waals surface area contributed by atoms with Crippen LogP contribution >= 0.6 is 11.3 Å². The number of hydrazone groups is 1. The quantitative estimate of drug-likeness (QED) is 0.574. The number of phenols is 1. The van der Waals surface area contributed by atoms with Crippen LogP contribution in [0, 0.1) is 6.92 Å². The molecule has 0 unspecified atom stereocenters. The Bertz CT molecular complexity index is 550. The molecular formula is C11H12N4OS.